The fraction of sp³-hybridized carbons (Fsp3) is 0. The zero-order valence-corrected chi connectivity index (χ0v) is 39.6. The summed E-state index contributed by atoms with van der Waals surface area (Å²) in [6.07, 6.45) is 0. The highest BCUT2D eigenvalue weighted by molar-refractivity contribution is 6.25. The van der Waals surface area contributed by atoms with E-state index in [1.54, 1.807) is 0 Å². The number of rotatable bonds is 7. The van der Waals surface area contributed by atoms with Crippen molar-refractivity contribution in [3.05, 3.63) is 279 Å². The third kappa shape index (κ3) is 6.76. The van der Waals surface area contributed by atoms with Crippen LogP contribution in [0.5, 0.6) is 0 Å². The van der Waals surface area contributed by atoms with E-state index in [9.17, 15) is 0 Å². The van der Waals surface area contributed by atoms with E-state index in [0.717, 1.165) is 0 Å². The van der Waals surface area contributed by atoms with Crippen LogP contribution >= 0.6 is 0 Å². The van der Waals surface area contributed by atoms with Crippen molar-refractivity contribution in [2.75, 3.05) is 0 Å². The molecule has 334 valence electrons. The zero-order valence-electron chi connectivity index (χ0n) is 39.6. The second-order valence-corrected chi connectivity index (χ2v) is 19.0. The highest BCUT2D eigenvalue weighted by Gasteiger charge is 2.22. The SMILES string of the molecule is c1ccc(-c2c3ccccc3c(-c3cccc(-c4cc(-c5c6ccccc6c(-c6ccccc6)c6ccccc56)cc(-c5c6ccccc6c(-c6ccccc6)c6ccccc56)c4)c3)c3ccccc23)cc1. The van der Waals surface area contributed by atoms with Gasteiger partial charge in [0.05, 0.1) is 0 Å². The Bertz CT molecular complexity index is 4060. The topological polar surface area (TPSA) is 0 Å². The summed E-state index contributed by atoms with van der Waals surface area (Å²) < 4.78 is 0. The smallest absolute Gasteiger partial charge is 0.00259 e. The van der Waals surface area contributed by atoms with Gasteiger partial charge in [-0.05, 0) is 167 Å². The van der Waals surface area contributed by atoms with E-state index >= 15 is 0 Å². The molecule has 0 bridgehead atoms. The van der Waals surface area contributed by atoms with Gasteiger partial charge in [-0.1, -0.05) is 255 Å². The predicted molar refractivity (Wildman–Crippen MR) is 310 cm³/mol. The molecule has 0 N–H and O–H groups in total. The van der Waals surface area contributed by atoms with Crippen LogP contribution < -0.4 is 0 Å². The van der Waals surface area contributed by atoms with Gasteiger partial charge in [-0.3, -0.25) is 0 Å². The van der Waals surface area contributed by atoms with E-state index in [1.807, 2.05) is 0 Å². The van der Waals surface area contributed by atoms with E-state index in [0.29, 0.717) is 0 Å². The van der Waals surface area contributed by atoms with Gasteiger partial charge in [0.25, 0.3) is 0 Å². The van der Waals surface area contributed by atoms with Crippen LogP contribution in [-0.2, 0) is 0 Å². The number of hydrogen-bond donors (Lipinski definition) is 0. The first-order valence-electron chi connectivity index (χ1n) is 25.0. The summed E-state index contributed by atoms with van der Waals surface area (Å²) in [5.41, 5.74) is 17.1. The number of benzene rings is 14. The molecular weight excluding hydrogens is 865 g/mol. The lowest BCUT2D eigenvalue weighted by Gasteiger charge is -2.21. The van der Waals surface area contributed by atoms with Crippen molar-refractivity contribution in [2.24, 2.45) is 0 Å². The molecule has 72 heavy (non-hydrogen) atoms. The second kappa shape index (κ2) is 17.2. The molecule has 0 unspecified atom stereocenters. The standard InChI is InChI=1S/C72H46/c1-4-23-47(24-5-1)67-55-31-10-16-37-61(55)70(62-38-17-11-32-56(62)67)51-30-22-29-50(43-51)52-44-53(71-63-39-18-12-33-57(63)68(48-25-6-2-7-26-48)58-34-13-19-40-64(58)71)46-54(45-52)72-65-41-20-14-35-59(65)69(49-27-8-3-9-28-49)60-36-15-21-42-66(60)72/h1-46H. The fourth-order valence-electron chi connectivity index (χ4n) is 12.0. The van der Waals surface area contributed by atoms with E-state index in [2.05, 4.69) is 279 Å². The number of hydrogen-bond acceptors (Lipinski definition) is 0. The Hall–Kier alpha value is -9.36. The van der Waals surface area contributed by atoms with Crippen molar-refractivity contribution in [3.8, 4) is 77.9 Å². The van der Waals surface area contributed by atoms with Gasteiger partial charge in [-0.25, -0.2) is 0 Å². The molecule has 0 atom stereocenters. The molecule has 0 aliphatic heterocycles. The molecule has 14 rings (SSSR count). The van der Waals surface area contributed by atoms with Crippen LogP contribution in [0.1, 0.15) is 0 Å². The van der Waals surface area contributed by atoms with Crippen molar-refractivity contribution in [1.82, 2.24) is 0 Å². The summed E-state index contributed by atoms with van der Waals surface area (Å²) in [5.74, 6) is 0. The normalized spacial score (nSPS) is 11.6. The van der Waals surface area contributed by atoms with Crippen molar-refractivity contribution in [2.45, 2.75) is 0 Å². The summed E-state index contributed by atoms with van der Waals surface area (Å²) in [6, 6.07) is 103. The Morgan fingerprint density at radius 1 is 0.111 bits per heavy atom. The Morgan fingerprint density at radius 3 is 0.569 bits per heavy atom. The van der Waals surface area contributed by atoms with Crippen LogP contribution in [0.25, 0.3) is 143 Å². The van der Waals surface area contributed by atoms with Crippen LogP contribution in [0.4, 0.5) is 0 Å². The molecule has 0 saturated heterocycles. The van der Waals surface area contributed by atoms with Gasteiger partial charge in [0.15, 0.2) is 0 Å². The third-order valence-electron chi connectivity index (χ3n) is 15.0. The van der Waals surface area contributed by atoms with E-state index in [4.69, 9.17) is 0 Å². The average Bonchev–Trinajstić information content (AvgIpc) is 3.45. The summed E-state index contributed by atoms with van der Waals surface area (Å²) in [6.45, 7) is 0. The van der Waals surface area contributed by atoms with E-state index in [1.165, 1.54) is 143 Å². The molecule has 0 spiro atoms. The van der Waals surface area contributed by atoms with Crippen LogP contribution in [0.3, 0.4) is 0 Å². The highest BCUT2D eigenvalue weighted by Crippen LogP contribution is 2.50. The Labute approximate surface area is 419 Å². The monoisotopic (exact) mass is 910 g/mol. The number of fused-ring (bicyclic) bond motifs is 6. The summed E-state index contributed by atoms with van der Waals surface area (Å²) in [4.78, 5) is 0. The van der Waals surface area contributed by atoms with Crippen molar-refractivity contribution in [3.63, 3.8) is 0 Å². The summed E-state index contributed by atoms with van der Waals surface area (Å²) in [7, 11) is 0. The third-order valence-corrected chi connectivity index (χ3v) is 15.0. The van der Waals surface area contributed by atoms with E-state index < -0.39 is 0 Å². The first-order valence-corrected chi connectivity index (χ1v) is 25.0. The second-order valence-electron chi connectivity index (χ2n) is 19.0. The molecule has 0 aliphatic rings. The fourth-order valence-corrected chi connectivity index (χ4v) is 12.0. The lowest BCUT2D eigenvalue weighted by atomic mass is 9.82. The lowest BCUT2D eigenvalue weighted by molar-refractivity contribution is 1.59. The van der Waals surface area contributed by atoms with Gasteiger partial charge in [-0.15, -0.1) is 0 Å². The minimum Gasteiger partial charge on any atom is -0.0622 e. The molecule has 0 radical (unpaired) electrons. The maximum atomic E-state index is 2.48. The maximum Gasteiger partial charge on any atom is -0.00259 e. The molecule has 0 nitrogen and oxygen atoms in total. The van der Waals surface area contributed by atoms with Gasteiger partial charge < -0.3 is 0 Å². The van der Waals surface area contributed by atoms with Crippen LogP contribution in [0, 0.1) is 0 Å². The Kier molecular flexibility index (Phi) is 9.96. The van der Waals surface area contributed by atoms with Gasteiger partial charge in [0, 0.05) is 0 Å². The molecule has 14 aromatic carbocycles. The molecule has 0 amide bonds. The summed E-state index contributed by atoms with van der Waals surface area (Å²) in [5, 5.41) is 14.9. The Morgan fingerprint density at radius 2 is 0.292 bits per heavy atom. The highest BCUT2D eigenvalue weighted by atomic mass is 14.3. The minimum absolute atomic E-state index is 1.17. The Balaban J connectivity index is 1.08. The van der Waals surface area contributed by atoms with Crippen LogP contribution in [-0.4, -0.2) is 0 Å². The first kappa shape index (κ1) is 41.6. The van der Waals surface area contributed by atoms with Gasteiger partial charge in [0.2, 0.25) is 0 Å². The van der Waals surface area contributed by atoms with Crippen molar-refractivity contribution in [1.29, 1.82) is 0 Å². The van der Waals surface area contributed by atoms with E-state index in [-0.39, 0.29) is 0 Å². The minimum atomic E-state index is 1.17. The summed E-state index contributed by atoms with van der Waals surface area (Å²) >= 11 is 0. The predicted octanol–water partition coefficient (Wildman–Crippen LogP) is 20.3. The molecule has 14 aromatic rings. The molecule has 0 saturated carbocycles. The molecular formula is C72H46. The van der Waals surface area contributed by atoms with Crippen LogP contribution in [0.2, 0.25) is 0 Å². The van der Waals surface area contributed by atoms with Gasteiger partial charge >= 0.3 is 0 Å². The average molecular weight is 911 g/mol. The molecule has 0 heterocycles. The van der Waals surface area contributed by atoms with Crippen LogP contribution in [0.15, 0.2) is 279 Å². The molecule has 0 heteroatoms. The van der Waals surface area contributed by atoms with Crippen molar-refractivity contribution < 1.29 is 0 Å². The molecule has 0 aromatic heterocycles. The van der Waals surface area contributed by atoms with Crippen molar-refractivity contribution >= 4 is 64.6 Å². The molecule has 0 aliphatic carbocycles. The first-order chi connectivity index (χ1) is 35.8. The lowest BCUT2D eigenvalue weighted by Crippen LogP contribution is -1.94. The zero-order chi connectivity index (χ0) is 47.5. The van der Waals surface area contributed by atoms with Gasteiger partial charge in [0.1, 0.15) is 0 Å². The molecule has 0 fully saturated rings. The largest absolute Gasteiger partial charge is 0.0622 e. The quantitative estimate of drug-likeness (QED) is 0.140. The maximum absolute atomic E-state index is 2.48. The van der Waals surface area contributed by atoms with Gasteiger partial charge in [-0.2, -0.15) is 0 Å².